The Morgan fingerprint density at radius 2 is 2.00 bits per heavy atom. The number of amides is 2. The Bertz CT molecular complexity index is 146. The van der Waals surface area contributed by atoms with Crippen molar-refractivity contribution in [3.05, 3.63) is 0 Å². The van der Waals surface area contributed by atoms with Crippen molar-refractivity contribution in [3.8, 4) is 0 Å². The molecule has 0 saturated heterocycles. The van der Waals surface area contributed by atoms with Gasteiger partial charge in [-0.2, -0.15) is 0 Å². The first-order chi connectivity index (χ1) is 4.57. The molecular weight excluding hydrogens is 134 g/mol. The zero-order chi connectivity index (χ0) is 8.15. The van der Waals surface area contributed by atoms with Gasteiger partial charge in [0.2, 0.25) is 5.91 Å². The van der Waals surface area contributed by atoms with Crippen LogP contribution in [0.2, 0.25) is 0 Å². The molecule has 0 aliphatic heterocycles. The van der Waals surface area contributed by atoms with Crippen LogP contribution in [0.1, 0.15) is 13.8 Å². The van der Waals surface area contributed by atoms with Crippen LogP contribution < -0.4 is 16.6 Å². The molecular formula is C5H11N3O2. The molecule has 0 aromatic carbocycles. The second kappa shape index (κ2) is 3.84. The highest BCUT2D eigenvalue weighted by molar-refractivity contribution is 5.85. The fourth-order valence-corrected chi connectivity index (χ4v) is 0.495. The van der Waals surface area contributed by atoms with E-state index in [0.29, 0.717) is 0 Å². The Morgan fingerprint density at radius 1 is 1.50 bits per heavy atom. The summed E-state index contributed by atoms with van der Waals surface area (Å²) in [4.78, 5) is 20.9. The highest BCUT2D eigenvalue weighted by Crippen LogP contribution is 1.78. The summed E-state index contributed by atoms with van der Waals surface area (Å²) in [6, 6.07) is -0.567. The van der Waals surface area contributed by atoms with Gasteiger partial charge < -0.3 is 5.32 Å². The van der Waals surface area contributed by atoms with Gasteiger partial charge >= 0.3 is 0 Å². The number of rotatable bonds is 2. The molecule has 0 aromatic rings. The molecule has 5 heteroatoms. The number of hydrazine groups is 1. The summed E-state index contributed by atoms with van der Waals surface area (Å²) in [5, 5.41) is 2.36. The first-order valence-electron chi connectivity index (χ1n) is 2.85. The molecule has 1 atom stereocenters. The fraction of sp³-hybridized carbons (Fsp3) is 0.600. The van der Waals surface area contributed by atoms with Gasteiger partial charge in [0.05, 0.1) is 0 Å². The van der Waals surface area contributed by atoms with E-state index in [4.69, 9.17) is 5.84 Å². The van der Waals surface area contributed by atoms with Gasteiger partial charge in [-0.15, -0.1) is 0 Å². The van der Waals surface area contributed by atoms with Crippen molar-refractivity contribution in [2.75, 3.05) is 0 Å². The van der Waals surface area contributed by atoms with Gasteiger partial charge in [-0.1, -0.05) is 0 Å². The highest BCUT2D eigenvalue weighted by atomic mass is 16.2. The summed E-state index contributed by atoms with van der Waals surface area (Å²) in [5.74, 6) is 4.14. The molecule has 0 spiro atoms. The number of nitrogens with one attached hydrogen (secondary N) is 2. The van der Waals surface area contributed by atoms with Crippen LogP contribution in [0.15, 0.2) is 0 Å². The van der Waals surface area contributed by atoms with Crippen molar-refractivity contribution < 1.29 is 9.59 Å². The van der Waals surface area contributed by atoms with Crippen LogP contribution in [0.25, 0.3) is 0 Å². The highest BCUT2D eigenvalue weighted by Gasteiger charge is 2.10. The minimum Gasteiger partial charge on any atom is -0.345 e. The molecule has 0 aliphatic rings. The van der Waals surface area contributed by atoms with Crippen molar-refractivity contribution in [1.29, 1.82) is 0 Å². The van der Waals surface area contributed by atoms with Gasteiger partial charge in [-0.3, -0.25) is 15.0 Å². The van der Waals surface area contributed by atoms with E-state index in [0.717, 1.165) is 0 Å². The molecule has 0 fully saturated rings. The van der Waals surface area contributed by atoms with Crippen LogP contribution in [0, 0.1) is 0 Å². The Morgan fingerprint density at radius 3 is 2.30 bits per heavy atom. The lowest BCUT2D eigenvalue weighted by Gasteiger charge is -2.08. The smallest absolute Gasteiger partial charge is 0.256 e. The molecule has 0 bridgehead atoms. The number of carbonyl (C=O) groups is 2. The largest absolute Gasteiger partial charge is 0.345 e. The summed E-state index contributed by atoms with van der Waals surface area (Å²) in [6.45, 7) is 2.88. The van der Waals surface area contributed by atoms with Crippen LogP contribution in [-0.2, 0) is 9.59 Å². The van der Waals surface area contributed by atoms with Crippen molar-refractivity contribution in [2.45, 2.75) is 19.9 Å². The molecule has 0 heterocycles. The van der Waals surface area contributed by atoms with E-state index in [2.05, 4.69) is 5.32 Å². The lowest BCUT2D eigenvalue weighted by molar-refractivity contribution is -0.127. The maximum atomic E-state index is 10.6. The predicted molar refractivity (Wildman–Crippen MR) is 35.6 cm³/mol. The van der Waals surface area contributed by atoms with E-state index in [1.54, 1.807) is 6.92 Å². The summed E-state index contributed by atoms with van der Waals surface area (Å²) in [5.41, 5.74) is 1.92. The summed E-state index contributed by atoms with van der Waals surface area (Å²) < 4.78 is 0. The van der Waals surface area contributed by atoms with E-state index in [1.807, 2.05) is 5.43 Å². The number of nitrogens with two attached hydrogens (primary N) is 1. The van der Waals surface area contributed by atoms with Crippen LogP contribution in [0.3, 0.4) is 0 Å². The lowest BCUT2D eigenvalue weighted by atomic mass is 10.3. The molecule has 0 radical (unpaired) electrons. The minimum absolute atomic E-state index is 0.254. The van der Waals surface area contributed by atoms with E-state index in [1.165, 1.54) is 6.92 Å². The Kier molecular flexibility index (Phi) is 3.42. The molecule has 0 rings (SSSR count). The van der Waals surface area contributed by atoms with Crippen LogP contribution in [0.5, 0.6) is 0 Å². The number of hydrogen-bond acceptors (Lipinski definition) is 3. The maximum Gasteiger partial charge on any atom is 0.256 e. The third-order valence-electron chi connectivity index (χ3n) is 0.955. The third kappa shape index (κ3) is 3.03. The number of carbonyl (C=O) groups excluding carboxylic acids is 2. The van der Waals surface area contributed by atoms with Crippen molar-refractivity contribution >= 4 is 11.8 Å². The van der Waals surface area contributed by atoms with Crippen LogP contribution >= 0.6 is 0 Å². The Hall–Kier alpha value is -1.10. The predicted octanol–water partition coefficient (Wildman–Crippen LogP) is -1.50. The van der Waals surface area contributed by atoms with Gasteiger partial charge in [-0.25, -0.2) is 5.84 Å². The van der Waals surface area contributed by atoms with Gasteiger partial charge in [0.15, 0.2) is 0 Å². The minimum atomic E-state index is -0.567. The summed E-state index contributed by atoms with van der Waals surface area (Å²) in [7, 11) is 0. The van der Waals surface area contributed by atoms with Gasteiger partial charge in [0, 0.05) is 6.92 Å². The van der Waals surface area contributed by atoms with Crippen LogP contribution in [-0.4, -0.2) is 17.9 Å². The number of hydrogen-bond donors (Lipinski definition) is 3. The van der Waals surface area contributed by atoms with Gasteiger partial charge in [-0.05, 0) is 6.92 Å². The van der Waals surface area contributed by atoms with Crippen molar-refractivity contribution in [3.63, 3.8) is 0 Å². The molecule has 4 N–H and O–H groups in total. The monoisotopic (exact) mass is 145 g/mol. The maximum absolute atomic E-state index is 10.6. The standard InChI is InChI=1S/C5H11N3O2/c1-3(5(10)8-6)7-4(2)9/h3H,6H2,1-2H3,(H,7,9)(H,8,10). The van der Waals surface area contributed by atoms with E-state index in [-0.39, 0.29) is 5.91 Å². The molecule has 0 saturated carbocycles. The molecule has 1 unspecified atom stereocenters. The van der Waals surface area contributed by atoms with Crippen molar-refractivity contribution in [2.24, 2.45) is 5.84 Å². The zero-order valence-electron chi connectivity index (χ0n) is 5.97. The molecule has 2 amide bonds. The van der Waals surface area contributed by atoms with Crippen molar-refractivity contribution in [1.82, 2.24) is 10.7 Å². The lowest BCUT2D eigenvalue weighted by Crippen LogP contribution is -2.46. The Labute approximate surface area is 58.9 Å². The van der Waals surface area contributed by atoms with E-state index < -0.39 is 11.9 Å². The normalized spacial score (nSPS) is 11.9. The average Bonchev–Trinajstić information content (AvgIpc) is 1.85. The first kappa shape index (κ1) is 8.90. The molecule has 5 nitrogen and oxygen atoms in total. The SMILES string of the molecule is CC(=O)NC(C)C(=O)NN. The van der Waals surface area contributed by atoms with Gasteiger partial charge in [0.1, 0.15) is 6.04 Å². The second-order valence-electron chi connectivity index (χ2n) is 1.93. The molecule has 10 heavy (non-hydrogen) atoms. The second-order valence-corrected chi connectivity index (χ2v) is 1.93. The topological polar surface area (TPSA) is 84.2 Å². The molecule has 58 valence electrons. The quantitative estimate of drug-likeness (QED) is 0.251. The zero-order valence-corrected chi connectivity index (χ0v) is 5.97. The Balaban J connectivity index is 3.72. The van der Waals surface area contributed by atoms with E-state index in [9.17, 15) is 9.59 Å². The fourth-order valence-electron chi connectivity index (χ4n) is 0.495. The average molecular weight is 145 g/mol. The molecule has 0 aromatic heterocycles. The third-order valence-corrected chi connectivity index (χ3v) is 0.955. The summed E-state index contributed by atoms with van der Waals surface area (Å²) in [6.07, 6.45) is 0. The molecule has 0 aliphatic carbocycles. The first-order valence-corrected chi connectivity index (χ1v) is 2.85. The van der Waals surface area contributed by atoms with Gasteiger partial charge in [0.25, 0.3) is 5.91 Å². The van der Waals surface area contributed by atoms with E-state index >= 15 is 0 Å². The summed E-state index contributed by atoms with van der Waals surface area (Å²) >= 11 is 0. The van der Waals surface area contributed by atoms with Crippen LogP contribution in [0.4, 0.5) is 0 Å².